The van der Waals surface area contributed by atoms with Gasteiger partial charge in [-0.3, -0.25) is 19.7 Å². The fourth-order valence-electron chi connectivity index (χ4n) is 2.10. The van der Waals surface area contributed by atoms with Gasteiger partial charge in [-0.15, -0.1) is 11.3 Å². The molecular weight excluding hydrogens is 318 g/mol. The van der Waals surface area contributed by atoms with E-state index >= 15 is 0 Å². The summed E-state index contributed by atoms with van der Waals surface area (Å²) in [7, 11) is 1.53. The first-order valence-electron chi connectivity index (χ1n) is 6.73. The van der Waals surface area contributed by atoms with Crippen molar-refractivity contribution in [1.82, 2.24) is 5.32 Å². The van der Waals surface area contributed by atoms with Gasteiger partial charge in [0.15, 0.2) is 0 Å². The van der Waals surface area contributed by atoms with Gasteiger partial charge in [0.05, 0.1) is 14.7 Å². The Bertz CT molecular complexity index is 798. The van der Waals surface area contributed by atoms with Crippen LogP contribution in [0, 0.1) is 24.0 Å². The molecule has 0 atom stereocenters. The van der Waals surface area contributed by atoms with Crippen LogP contribution in [0.25, 0.3) is 0 Å². The Morgan fingerprint density at radius 2 is 1.91 bits per heavy atom. The number of hydrogen-bond donors (Lipinski definition) is 2. The molecule has 0 saturated heterocycles. The van der Waals surface area contributed by atoms with Crippen LogP contribution in [0.2, 0.25) is 0 Å². The Kier molecular flexibility index (Phi) is 4.75. The number of thiophene rings is 1. The van der Waals surface area contributed by atoms with Crippen LogP contribution in [0.5, 0.6) is 0 Å². The van der Waals surface area contributed by atoms with E-state index in [4.69, 9.17) is 0 Å². The maximum absolute atomic E-state index is 12.3. The SMILES string of the molecule is CNC(=O)c1cccc(NC(=O)c2cc([N+](=O)[O-])c(C)s2)c1C. The molecule has 0 aliphatic rings. The highest BCUT2D eigenvalue weighted by Gasteiger charge is 2.20. The molecule has 2 rings (SSSR count). The van der Waals surface area contributed by atoms with Gasteiger partial charge in [0.25, 0.3) is 17.5 Å². The molecule has 2 N–H and O–H groups in total. The number of carbonyl (C=O) groups is 2. The second-order valence-corrected chi connectivity index (χ2v) is 6.08. The van der Waals surface area contributed by atoms with E-state index in [9.17, 15) is 19.7 Å². The molecule has 7 nitrogen and oxygen atoms in total. The molecule has 1 aromatic carbocycles. The monoisotopic (exact) mass is 333 g/mol. The largest absolute Gasteiger partial charge is 0.355 e. The van der Waals surface area contributed by atoms with Gasteiger partial charge in [-0.25, -0.2) is 0 Å². The summed E-state index contributed by atoms with van der Waals surface area (Å²) in [5.74, 6) is -0.690. The highest BCUT2D eigenvalue weighted by Crippen LogP contribution is 2.29. The van der Waals surface area contributed by atoms with Crippen LogP contribution in [-0.2, 0) is 0 Å². The van der Waals surface area contributed by atoms with Crippen LogP contribution in [-0.4, -0.2) is 23.8 Å². The lowest BCUT2D eigenvalue weighted by atomic mass is 10.1. The highest BCUT2D eigenvalue weighted by atomic mass is 32.1. The average Bonchev–Trinajstić information content (AvgIpc) is 2.91. The zero-order valence-electron chi connectivity index (χ0n) is 12.8. The first kappa shape index (κ1) is 16.6. The summed E-state index contributed by atoms with van der Waals surface area (Å²) in [6, 6.07) is 6.25. The van der Waals surface area contributed by atoms with E-state index < -0.39 is 10.8 Å². The molecule has 0 fully saturated rings. The van der Waals surface area contributed by atoms with Crippen molar-refractivity contribution in [3.05, 3.63) is 55.3 Å². The van der Waals surface area contributed by atoms with Crippen LogP contribution in [0.3, 0.4) is 0 Å². The second kappa shape index (κ2) is 6.57. The Hall–Kier alpha value is -2.74. The van der Waals surface area contributed by atoms with Crippen LogP contribution in [0.1, 0.15) is 30.5 Å². The number of hydrogen-bond acceptors (Lipinski definition) is 5. The first-order chi connectivity index (χ1) is 10.8. The van der Waals surface area contributed by atoms with Crippen molar-refractivity contribution in [1.29, 1.82) is 0 Å². The van der Waals surface area contributed by atoms with Crippen LogP contribution >= 0.6 is 11.3 Å². The summed E-state index contributed by atoms with van der Waals surface area (Å²) in [5.41, 5.74) is 1.50. The normalized spacial score (nSPS) is 10.2. The van der Waals surface area contributed by atoms with Gasteiger partial charge < -0.3 is 10.6 Å². The van der Waals surface area contributed by atoms with Crippen molar-refractivity contribution < 1.29 is 14.5 Å². The van der Waals surface area contributed by atoms with Gasteiger partial charge in [0, 0.05) is 24.4 Å². The predicted molar refractivity (Wildman–Crippen MR) is 88.2 cm³/mol. The Morgan fingerprint density at radius 3 is 2.48 bits per heavy atom. The van der Waals surface area contributed by atoms with Gasteiger partial charge in [0.2, 0.25) is 0 Å². The minimum absolute atomic E-state index is 0.0732. The van der Waals surface area contributed by atoms with Crippen LogP contribution in [0.4, 0.5) is 11.4 Å². The zero-order valence-corrected chi connectivity index (χ0v) is 13.6. The molecule has 2 aromatic rings. The number of benzene rings is 1. The first-order valence-corrected chi connectivity index (χ1v) is 7.54. The molecule has 1 aromatic heterocycles. The van der Waals surface area contributed by atoms with Crippen molar-refractivity contribution in [2.45, 2.75) is 13.8 Å². The third kappa shape index (κ3) is 3.37. The lowest BCUT2D eigenvalue weighted by Gasteiger charge is -2.11. The molecule has 0 aliphatic carbocycles. The molecule has 2 amide bonds. The summed E-state index contributed by atoms with van der Waals surface area (Å²) in [4.78, 5) is 35.1. The number of nitro groups is 1. The topological polar surface area (TPSA) is 101 Å². The molecular formula is C15H15N3O4S. The highest BCUT2D eigenvalue weighted by molar-refractivity contribution is 7.14. The third-order valence-electron chi connectivity index (χ3n) is 3.37. The molecule has 0 saturated carbocycles. The molecule has 0 spiro atoms. The van der Waals surface area contributed by atoms with Crippen LogP contribution < -0.4 is 10.6 Å². The van der Waals surface area contributed by atoms with Gasteiger partial charge in [-0.2, -0.15) is 0 Å². The number of amides is 2. The van der Waals surface area contributed by atoms with Gasteiger partial charge in [-0.1, -0.05) is 6.07 Å². The fraction of sp³-hybridized carbons (Fsp3) is 0.200. The quantitative estimate of drug-likeness (QED) is 0.663. The minimum Gasteiger partial charge on any atom is -0.355 e. The molecule has 8 heteroatoms. The van der Waals surface area contributed by atoms with Crippen LogP contribution in [0.15, 0.2) is 24.3 Å². The van der Waals surface area contributed by atoms with E-state index in [0.29, 0.717) is 21.7 Å². The maximum atomic E-state index is 12.3. The van der Waals surface area contributed by atoms with Gasteiger partial charge in [-0.05, 0) is 31.5 Å². The Morgan fingerprint density at radius 1 is 1.22 bits per heavy atom. The number of nitrogens with one attached hydrogen (secondary N) is 2. The molecule has 0 aliphatic heterocycles. The number of anilines is 1. The smallest absolute Gasteiger partial charge is 0.283 e. The summed E-state index contributed by atoms with van der Waals surface area (Å²) in [6.07, 6.45) is 0. The van der Waals surface area contributed by atoms with Crippen molar-refractivity contribution in [3.63, 3.8) is 0 Å². The van der Waals surface area contributed by atoms with Crippen molar-refractivity contribution in [2.24, 2.45) is 0 Å². The predicted octanol–water partition coefficient (Wildman–Crippen LogP) is 2.89. The zero-order chi connectivity index (χ0) is 17.1. The summed E-state index contributed by atoms with van der Waals surface area (Å²) in [6.45, 7) is 3.32. The van der Waals surface area contributed by atoms with E-state index in [-0.39, 0.29) is 16.5 Å². The minimum atomic E-state index is -0.514. The third-order valence-corrected chi connectivity index (χ3v) is 4.40. The van der Waals surface area contributed by atoms with E-state index in [0.717, 1.165) is 11.3 Å². The molecule has 0 bridgehead atoms. The second-order valence-electron chi connectivity index (χ2n) is 4.82. The molecule has 1 heterocycles. The average molecular weight is 333 g/mol. The molecule has 120 valence electrons. The van der Waals surface area contributed by atoms with Gasteiger partial charge >= 0.3 is 0 Å². The number of nitrogens with zero attached hydrogens (tertiary/aromatic N) is 1. The molecule has 0 radical (unpaired) electrons. The maximum Gasteiger partial charge on any atom is 0.283 e. The molecule has 23 heavy (non-hydrogen) atoms. The Balaban J connectivity index is 2.29. The van der Waals surface area contributed by atoms with E-state index in [1.54, 1.807) is 32.0 Å². The number of carbonyl (C=O) groups excluding carboxylic acids is 2. The van der Waals surface area contributed by atoms with E-state index in [1.807, 2.05) is 0 Å². The lowest BCUT2D eigenvalue weighted by molar-refractivity contribution is -0.385. The Labute approximate surface area is 136 Å². The standard InChI is InChI=1S/C15H15N3O4S/c1-8-10(14(19)16-3)5-4-6-11(8)17-15(20)13-7-12(18(21)22)9(2)23-13/h4-7H,1-3H3,(H,16,19)(H,17,20). The summed E-state index contributed by atoms with van der Waals surface area (Å²) >= 11 is 1.06. The van der Waals surface area contributed by atoms with Gasteiger partial charge in [0.1, 0.15) is 0 Å². The summed E-state index contributed by atoms with van der Waals surface area (Å²) < 4.78 is 0. The number of aryl methyl sites for hydroxylation is 1. The number of rotatable bonds is 4. The lowest BCUT2D eigenvalue weighted by Crippen LogP contribution is -2.20. The molecule has 0 unspecified atom stereocenters. The van der Waals surface area contributed by atoms with E-state index in [2.05, 4.69) is 10.6 Å². The van der Waals surface area contributed by atoms with E-state index in [1.165, 1.54) is 13.1 Å². The summed E-state index contributed by atoms with van der Waals surface area (Å²) in [5, 5.41) is 16.1. The van der Waals surface area contributed by atoms with Crippen molar-refractivity contribution in [3.8, 4) is 0 Å². The fourth-order valence-corrected chi connectivity index (χ4v) is 2.98. The van der Waals surface area contributed by atoms with Crippen molar-refractivity contribution >= 4 is 34.5 Å². The van der Waals surface area contributed by atoms with Crippen molar-refractivity contribution in [2.75, 3.05) is 12.4 Å².